The van der Waals surface area contributed by atoms with E-state index in [4.69, 9.17) is 4.99 Å². The molecule has 0 bridgehead atoms. The van der Waals surface area contributed by atoms with Crippen LogP contribution in [-0.4, -0.2) is 35.5 Å². The van der Waals surface area contributed by atoms with Crippen LogP contribution in [0.4, 0.5) is 0 Å². The molecule has 1 atom stereocenters. The van der Waals surface area contributed by atoms with Gasteiger partial charge < -0.3 is 10.2 Å². The molecule has 1 aliphatic heterocycles. The molecule has 0 amide bonds. The highest BCUT2D eigenvalue weighted by Gasteiger charge is 2.25. The molecule has 1 fully saturated rings. The Bertz CT molecular complexity index is 671. The third kappa shape index (κ3) is 5.41. The van der Waals surface area contributed by atoms with Crippen molar-refractivity contribution in [3.05, 3.63) is 52.0 Å². The van der Waals surface area contributed by atoms with Crippen molar-refractivity contribution < 1.29 is 0 Å². The second-order valence-corrected chi connectivity index (χ2v) is 7.04. The number of aromatic nitrogens is 1. The minimum Gasteiger partial charge on any atom is -0.357 e. The molecule has 1 saturated heterocycles. The zero-order chi connectivity index (χ0) is 16.8. The van der Waals surface area contributed by atoms with Gasteiger partial charge in [-0.25, -0.2) is 9.98 Å². The molecule has 1 aromatic carbocycles. The lowest BCUT2D eigenvalue weighted by Gasteiger charge is -2.21. The lowest BCUT2D eigenvalue weighted by molar-refractivity contribution is 0.486. The summed E-state index contributed by atoms with van der Waals surface area (Å²) in [5.41, 5.74) is 2.51. The molecular weight excluding hydrogens is 443 g/mol. The Morgan fingerprint density at radius 3 is 2.80 bits per heavy atom. The Balaban J connectivity index is 0.00000225. The number of benzene rings is 1. The van der Waals surface area contributed by atoms with E-state index in [0.29, 0.717) is 12.5 Å². The van der Waals surface area contributed by atoms with Gasteiger partial charge >= 0.3 is 0 Å². The number of guanidine groups is 1. The number of nitrogens with one attached hydrogen (secondary N) is 1. The van der Waals surface area contributed by atoms with Crippen LogP contribution in [0.3, 0.4) is 0 Å². The van der Waals surface area contributed by atoms with Crippen LogP contribution in [0.25, 0.3) is 0 Å². The van der Waals surface area contributed by atoms with Gasteiger partial charge in [-0.05, 0) is 25.3 Å². The normalized spacial score (nSPS) is 17.4. The summed E-state index contributed by atoms with van der Waals surface area (Å²) in [4.78, 5) is 11.8. The van der Waals surface area contributed by atoms with E-state index in [1.165, 1.54) is 17.0 Å². The number of hydrogen-bond acceptors (Lipinski definition) is 3. The van der Waals surface area contributed by atoms with Crippen LogP contribution < -0.4 is 5.32 Å². The fourth-order valence-corrected chi connectivity index (χ4v) is 3.85. The van der Waals surface area contributed by atoms with Gasteiger partial charge in [0.15, 0.2) is 5.96 Å². The van der Waals surface area contributed by atoms with E-state index in [1.807, 2.05) is 0 Å². The van der Waals surface area contributed by atoms with Gasteiger partial charge in [-0.3, -0.25) is 0 Å². The van der Waals surface area contributed by atoms with E-state index in [1.54, 1.807) is 11.3 Å². The Hall–Kier alpha value is -1.15. The van der Waals surface area contributed by atoms with Crippen molar-refractivity contribution in [3.63, 3.8) is 0 Å². The Morgan fingerprint density at radius 1 is 1.32 bits per heavy atom. The molecule has 0 spiro atoms. The number of halogens is 1. The van der Waals surface area contributed by atoms with Gasteiger partial charge in [0.1, 0.15) is 0 Å². The van der Waals surface area contributed by atoms with Crippen molar-refractivity contribution in [3.8, 4) is 0 Å². The number of thiazole rings is 1. The molecule has 25 heavy (non-hydrogen) atoms. The van der Waals surface area contributed by atoms with E-state index in [9.17, 15) is 0 Å². The van der Waals surface area contributed by atoms with Gasteiger partial charge in [0.05, 0.1) is 17.2 Å². The second-order valence-electron chi connectivity index (χ2n) is 6.10. The van der Waals surface area contributed by atoms with Crippen molar-refractivity contribution in [2.45, 2.75) is 39.2 Å². The first-order chi connectivity index (χ1) is 11.8. The van der Waals surface area contributed by atoms with E-state index in [-0.39, 0.29) is 24.0 Å². The third-order valence-electron chi connectivity index (χ3n) is 4.39. The first-order valence-electron chi connectivity index (χ1n) is 8.81. The zero-order valence-electron chi connectivity index (χ0n) is 14.9. The Labute approximate surface area is 171 Å². The van der Waals surface area contributed by atoms with Gasteiger partial charge in [0.2, 0.25) is 0 Å². The standard InChI is InChI=1S/C19H26N4S.HI/c1-3-18-22-17(14-24-18)12-21-19(20-4-2)23-11-10-16(13-23)15-8-6-5-7-9-15;/h5-9,14,16H,3-4,10-13H2,1-2H3,(H,20,21);1H. The van der Waals surface area contributed by atoms with Crippen LogP contribution in [0, 0.1) is 0 Å². The highest BCUT2D eigenvalue weighted by atomic mass is 127. The van der Waals surface area contributed by atoms with Crippen LogP contribution in [0.1, 0.15) is 42.5 Å². The average Bonchev–Trinajstić information content (AvgIpc) is 3.29. The number of nitrogens with zero attached hydrogens (tertiary/aromatic N) is 3. The van der Waals surface area contributed by atoms with Crippen molar-refractivity contribution in [1.29, 1.82) is 0 Å². The first-order valence-corrected chi connectivity index (χ1v) is 9.69. The van der Waals surface area contributed by atoms with Gasteiger partial charge in [-0.1, -0.05) is 37.3 Å². The molecule has 0 aliphatic carbocycles. The molecule has 3 rings (SSSR count). The Morgan fingerprint density at radius 2 is 2.12 bits per heavy atom. The monoisotopic (exact) mass is 470 g/mol. The molecule has 1 aliphatic rings. The van der Waals surface area contributed by atoms with Crippen LogP contribution in [-0.2, 0) is 13.0 Å². The number of aryl methyl sites for hydroxylation is 1. The average molecular weight is 470 g/mol. The maximum absolute atomic E-state index is 4.82. The maximum atomic E-state index is 4.82. The van der Waals surface area contributed by atoms with Crippen molar-refractivity contribution in [1.82, 2.24) is 15.2 Å². The van der Waals surface area contributed by atoms with Crippen LogP contribution >= 0.6 is 35.3 Å². The molecule has 4 nitrogen and oxygen atoms in total. The molecule has 2 aromatic rings. The largest absolute Gasteiger partial charge is 0.357 e. The van der Waals surface area contributed by atoms with Gasteiger partial charge in [-0.2, -0.15) is 0 Å². The molecule has 1 aromatic heterocycles. The summed E-state index contributed by atoms with van der Waals surface area (Å²) in [6, 6.07) is 10.8. The minimum atomic E-state index is 0. The minimum absolute atomic E-state index is 0. The van der Waals surface area contributed by atoms with Crippen molar-refractivity contribution >= 4 is 41.3 Å². The number of rotatable bonds is 5. The highest BCUT2D eigenvalue weighted by molar-refractivity contribution is 14.0. The number of hydrogen-bond donors (Lipinski definition) is 1. The molecule has 2 heterocycles. The van der Waals surface area contributed by atoms with E-state index in [2.05, 4.69) is 64.8 Å². The highest BCUT2D eigenvalue weighted by Crippen LogP contribution is 2.27. The van der Waals surface area contributed by atoms with Gasteiger partial charge in [-0.15, -0.1) is 35.3 Å². The quantitative estimate of drug-likeness (QED) is 0.403. The molecule has 0 saturated carbocycles. The van der Waals surface area contributed by atoms with Crippen LogP contribution in [0.15, 0.2) is 40.7 Å². The molecule has 0 radical (unpaired) electrons. The zero-order valence-corrected chi connectivity index (χ0v) is 18.1. The molecular formula is C19H27IN4S. The topological polar surface area (TPSA) is 40.5 Å². The number of aliphatic imine (C=N–C) groups is 1. The fraction of sp³-hybridized carbons (Fsp3) is 0.474. The SMILES string of the molecule is CCNC(=NCc1csc(CC)n1)N1CCC(c2ccccc2)C1.I. The second kappa shape index (κ2) is 10.1. The third-order valence-corrected chi connectivity index (χ3v) is 5.43. The predicted molar refractivity (Wildman–Crippen MR) is 117 cm³/mol. The molecule has 1 N–H and O–H groups in total. The summed E-state index contributed by atoms with van der Waals surface area (Å²) >= 11 is 1.73. The molecule has 136 valence electrons. The van der Waals surface area contributed by atoms with Gasteiger partial charge in [0, 0.05) is 30.9 Å². The lowest BCUT2D eigenvalue weighted by Crippen LogP contribution is -2.40. The van der Waals surface area contributed by atoms with Gasteiger partial charge in [0.25, 0.3) is 0 Å². The summed E-state index contributed by atoms with van der Waals surface area (Å²) in [7, 11) is 0. The summed E-state index contributed by atoms with van der Waals surface area (Å²) in [6.45, 7) is 7.91. The number of likely N-dealkylation sites (tertiary alicyclic amines) is 1. The smallest absolute Gasteiger partial charge is 0.194 e. The van der Waals surface area contributed by atoms with E-state index in [0.717, 1.165) is 37.7 Å². The molecule has 1 unspecified atom stereocenters. The first kappa shape index (κ1) is 20.2. The maximum Gasteiger partial charge on any atom is 0.194 e. The van der Waals surface area contributed by atoms with Crippen LogP contribution in [0.2, 0.25) is 0 Å². The van der Waals surface area contributed by atoms with Crippen molar-refractivity contribution in [2.75, 3.05) is 19.6 Å². The summed E-state index contributed by atoms with van der Waals surface area (Å²) in [5.74, 6) is 1.61. The summed E-state index contributed by atoms with van der Waals surface area (Å²) < 4.78 is 0. The van der Waals surface area contributed by atoms with Crippen molar-refractivity contribution in [2.24, 2.45) is 4.99 Å². The van der Waals surface area contributed by atoms with E-state index >= 15 is 0 Å². The predicted octanol–water partition coefficient (Wildman–Crippen LogP) is 4.28. The Kier molecular flexibility index (Phi) is 8.15. The fourth-order valence-electron chi connectivity index (χ4n) is 3.12. The lowest BCUT2D eigenvalue weighted by atomic mass is 9.99. The molecule has 6 heteroatoms. The van der Waals surface area contributed by atoms with Crippen LogP contribution in [0.5, 0.6) is 0 Å². The summed E-state index contributed by atoms with van der Waals surface area (Å²) in [5, 5.41) is 6.76. The van der Waals surface area contributed by atoms with E-state index < -0.39 is 0 Å². The summed E-state index contributed by atoms with van der Waals surface area (Å²) in [6.07, 6.45) is 2.18.